The van der Waals surface area contributed by atoms with Gasteiger partial charge in [-0.05, 0) is 22.9 Å². The first kappa shape index (κ1) is 14.3. The average molecular weight is 330 g/mol. The Morgan fingerprint density at radius 1 is 0.577 bits per heavy atom. The lowest BCUT2D eigenvalue weighted by Gasteiger charge is -2.10. The van der Waals surface area contributed by atoms with E-state index in [1.165, 1.54) is 0 Å². The van der Waals surface area contributed by atoms with Crippen LogP contribution in [0.15, 0.2) is 60.7 Å². The molecule has 1 heterocycles. The van der Waals surface area contributed by atoms with Gasteiger partial charge in [0.1, 0.15) is 12.1 Å². The number of benzene rings is 4. The predicted octanol–water partition coefficient (Wildman–Crippen LogP) is 4.83. The Kier molecular flexibility index (Phi) is 2.89. The lowest BCUT2D eigenvalue weighted by Crippen LogP contribution is -1.93. The van der Waals surface area contributed by atoms with E-state index in [1.807, 2.05) is 36.4 Å². The Morgan fingerprint density at radius 3 is 1.35 bits per heavy atom. The molecule has 0 spiro atoms. The van der Waals surface area contributed by atoms with Gasteiger partial charge in [-0.25, -0.2) is 9.97 Å². The third kappa shape index (κ3) is 1.87. The normalized spacial score (nSPS) is 11.0. The van der Waals surface area contributed by atoms with E-state index in [2.05, 4.69) is 24.3 Å². The molecule has 5 aromatic rings. The third-order valence-electron chi connectivity index (χ3n) is 4.70. The lowest BCUT2D eigenvalue weighted by atomic mass is 9.99. The highest BCUT2D eigenvalue weighted by atomic mass is 14.8. The van der Waals surface area contributed by atoms with Crippen LogP contribution in [0.2, 0.25) is 0 Å². The molecule has 26 heavy (non-hydrogen) atoms. The first-order valence-electron chi connectivity index (χ1n) is 8.15. The summed E-state index contributed by atoms with van der Waals surface area (Å²) in [6, 6.07) is 23.7. The zero-order chi connectivity index (χ0) is 17.7. The Labute approximate surface area is 148 Å². The molecule has 4 nitrogen and oxygen atoms in total. The summed E-state index contributed by atoms with van der Waals surface area (Å²) in [5.74, 6) is 0. The summed E-state index contributed by atoms with van der Waals surface area (Å²) in [4.78, 5) is 9.63. The summed E-state index contributed by atoms with van der Waals surface area (Å²) in [6.07, 6.45) is 0. The minimum absolute atomic E-state index is 0.318. The van der Waals surface area contributed by atoms with Crippen LogP contribution < -0.4 is 0 Å². The molecule has 0 aliphatic carbocycles. The van der Waals surface area contributed by atoms with Crippen LogP contribution in [0.3, 0.4) is 0 Å². The second-order valence-electron chi connectivity index (χ2n) is 6.12. The monoisotopic (exact) mass is 330 g/mol. The van der Waals surface area contributed by atoms with Crippen LogP contribution in [-0.2, 0) is 0 Å². The zero-order valence-corrected chi connectivity index (χ0v) is 13.6. The van der Waals surface area contributed by atoms with E-state index in [0.29, 0.717) is 22.2 Å². The Morgan fingerprint density at radius 2 is 0.962 bits per heavy atom. The summed E-state index contributed by atoms with van der Waals surface area (Å²) in [6.45, 7) is 0. The van der Waals surface area contributed by atoms with Gasteiger partial charge in [0.05, 0.1) is 33.2 Å². The molecule has 0 bridgehead atoms. The van der Waals surface area contributed by atoms with Gasteiger partial charge in [-0.3, -0.25) is 0 Å². The van der Waals surface area contributed by atoms with Crippen LogP contribution in [0.5, 0.6) is 0 Å². The maximum absolute atomic E-state index is 9.29. The van der Waals surface area contributed by atoms with Crippen molar-refractivity contribution in [2.24, 2.45) is 0 Å². The predicted molar refractivity (Wildman–Crippen MR) is 101 cm³/mol. The van der Waals surface area contributed by atoms with Crippen molar-refractivity contribution in [2.75, 3.05) is 0 Å². The van der Waals surface area contributed by atoms with Gasteiger partial charge >= 0.3 is 0 Å². The molecule has 4 aromatic carbocycles. The van der Waals surface area contributed by atoms with E-state index in [-0.39, 0.29) is 0 Å². The van der Waals surface area contributed by atoms with Crippen molar-refractivity contribution in [3.8, 4) is 12.1 Å². The number of hydrogen-bond donors (Lipinski definition) is 0. The van der Waals surface area contributed by atoms with Crippen molar-refractivity contribution in [3.05, 3.63) is 71.8 Å². The maximum atomic E-state index is 9.29. The van der Waals surface area contributed by atoms with E-state index in [1.54, 1.807) is 12.1 Å². The Hall–Kier alpha value is -4.02. The van der Waals surface area contributed by atoms with E-state index < -0.39 is 0 Å². The SMILES string of the molecule is N#Cc1cc2nc3c4ccccc4c4ccccc4c3nc2cc1C#N. The first-order valence-corrected chi connectivity index (χ1v) is 8.15. The fraction of sp³-hybridized carbons (Fsp3) is 0. The number of aromatic nitrogens is 2. The molecule has 0 aliphatic heterocycles. The smallest absolute Gasteiger partial charge is 0.101 e. The second kappa shape index (κ2) is 5.24. The van der Waals surface area contributed by atoms with Gasteiger partial charge in [0.15, 0.2) is 0 Å². The molecule has 5 rings (SSSR count). The van der Waals surface area contributed by atoms with Crippen LogP contribution in [0, 0.1) is 22.7 Å². The number of nitrogens with zero attached hydrogens (tertiary/aromatic N) is 4. The van der Waals surface area contributed by atoms with Gasteiger partial charge in [0.2, 0.25) is 0 Å². The van der Waals surface area contributed by atoms with E-state index in [0.717, 1.165) is 32.6 Å². The number of rotatable bonds is 0. The quantitative estimate of drug-likeness (QED) is 0.301. The molecule has 0 N–H and O–H groups in total. The number of hydrogen-bond acceptors (Lipinski definition) is 4. The Balaban J connectivity index is 2.07. The van der Waals surface area contributed by atoms with Crippen LogP contribution in [-0.4, -0.2) is 9.97 Å². The van der Waals surface area contributed by atoms with Crippen molar-refractivity contribution >= 4 is 43.6 Å². The molecule has 0 saturated heterocycles. The van der Waals surface area contributed by atoms with Crippen LogP contribution in [0.25, 0.3) is 43.6 Å². The van der Waals surface area contributed by atoms with Gasteiger partial charge in [-0.1, -0.05) is 48.5 Å². The van der Waals surface area contributed by atoms with Gasteiger partial charge < -0.3 is 0 Å². The largest absolute Gasteiger partial charge is 0.244 e. The van der Waals surface area contributed by atoms with Crippen LogP contribution in [0.1, 0.15) is 11.1 Å². The molecule has 0 saturated carbocycles. The molecule has 0 unspecified atom stereocenters. The fourth-order valence-electron chi connectivity index (χ4n) is 3.51. The molecule has 0 amide bonds. The topological polar surface area (TPSA) is 73.4 Å². The lowest BCUT2D eigenvalue weighted by molar-refractivity contribution is 1.38. The van der Waals surface area contributed by atoms with Crippen molar-refractivity contribution < 1.29 is 0 Å². The highest BCUT2D eigenvalue weighted by Crippen LogP contribution is 2.34. The minimum atomic E-state index is 0.318. The second-order valence-corrected chi connectivity index (χ2v) is 6.12. The van der Waals surface area contributed by atoms with Gasteiger partial charge in [0.25, 0.3) is 0 Å². The van der Waals surface area contributed by atoms with Gasteiger partial charge in [0, 0.05) is 10.8 Å². The molecule has 4 heteroatoms. The molecule has 1 aromatic heterocycles. The molecule has 0 radical (unpaired) electrons. The highest BCUT2D eigenvalue weighted by molar-refractivity contribution is 6.23. The standard InChI is InChI=1S/C22H10N4/c23-11-13-9-19-20(10-14(13)12-24)26-22-18-8-4-2-6-16(18)15-5-1-3-7-17(15)21(22)25-19/h1-10H. The Bertz CT molecular complexity index is 1340. The average Bonchev–Trinajstić information content (AvgIpc) is 2.71. The van der Waals surface area contributed by atoms with Crippen LogP contribution in [0.4, 0.5) is 0 Å². The van der Waals surface area contributed by atoms with Crippen molar-refractivity contribution in [3.63, 3.8) is 0 Å². The van der Waals surface area contributed by atoms with Crippen molar-refractivity contribution in [1.82, 2.24) is 9.97 Å². The van der Waals surface area contributed by atoms with E-state index >= 15 is 0 Å². The van der Waals surface area contributed by atoms with Crippen molar-refractivity contribution in [1.29, 1.82) is 10.5 Å². The minimum Gasteiger partial charge on any atom is -0.244 e. The first-order chi connectivity index (χ1) is 12.8. The van der Waals surface area contributed by atoms with Crippen LogP contribution >= 0.6 is 0 Å². The summed E-state index contributed by atoms with van der Waals surface area (Å²) < 4.78 is 0. The zero-order valence-electron chi connectivity index (χ0n) is 13.6. The molecule has 118 valence electrons. The molecule has 0 atom stereocenters. The van der Waals surface area contributed by atoms with Crippen molar-refractivity contribution in [2.45, 2.75) is 0 Å². The molecular formula is C22H10N4. The molecule has 0 aliphatic rings. The molecular weight excluding hydrogens is 320 g/mol. The third-order valence-corrected chi connectivity index (χ3v) is 4.70. The van der Waals surface area contributed by atoms with E-state index in [4.69, 9.17) is 9.97 Å². The number of nitriles is 2. The summed E-state index contributed by atoms with van der Waals surface area (Å²) in [5, 5.41) is 22.9. The van der Waals surface area contributed by atoms with Gasteiger partial charge in [-0.15, -0.1) is 0 Å². The summed E-state index contributed by atoms with van der Waals surface area (Å²) >= 11 is 0. The summed E-state index contributed by atoms with van der Waals surface area (Å²) in [5.41, 5.74) is 3.49. The summed E-state index contributed by atoms with van der Waals surface area (Å²) in [7, 11) is 0. The molecule has 0 fully saturated rings. The maximum Gasteiger partial charge on any atom is 0.101 e. The van der Waals surface area contributed by atoms with E-state index in [9.17, 15) is 10.5 Å². The van der Waals surface area contributed by atoms with Gasteiger partial charge in [-0.2, -0.15) is 10.5 Å². The fourth-order valence-corrected chi connectivity index (χ4v) is 3.51. The highest BCUT2D eigenvalue weighted by Gasteiger charge is 2.13. The number of fused-ring (bicyclic) bond motifs is 7.